The first-order valence-electron chi connectivity index (χ1n) is 7.94. The van der Waals surface area contributed by atoms with Crippen LogP contribution in [-0.2, 0) is 11.8 Å². The lowest BCUT2D eigenvalue weighted by Crippen LogP contribution is -2.40. The van der Waals surface area contributed by atoms with Crippen molar-refractivity contribution >= 4 is 0 Å². The third-order valence-corrected chi connectivity index (χ3v) is 4.54. The number of likely N-dealkylation sites (tertiary alicyclic amines) is 1. The topological polar surface area (TPSA) is 29.3 Å². The summed E-state index contributed by atoms with van der Waals surface area (Å²) in [6.45, 7) is 12.6. The van der Waals surface area contributed by atoms with E-state index in [4.69, 9.17) is 5.73 Å². The molecule has 112 valence electrons. The molecular formula is C18H30N2. The summed E-state index contributed by atoms with van der Waals surface area (Å²) in [5.41, 5.74) is 10.6. The lowest BCUT2D eigenvalue weighted by Gasteiger charge is -2.30. The van der Waals surface area contributed by atoms with Gasteiger partial charge >= 0.3 is 0 Å². The molecule has 1 aliphatic rings. The van der Waals surface area contributed by atoms with Crippen molar-refractivity contribution in [3.05, 3.63) is 34.9 Å². The van der Waals surface area contributed by atoms with E-state index in [0.29, 0.717) is 6.04 Å². The molecular weight excluding hydrogens is 244 g/mol. The van der Waals surface area contributed by atoms with Crippen molar-refractivity contribution in [1.29, 1.82) is 0 Å². The normalized spacial score (nSPS) is 18.4. The minimum Gasteiger partial charge on any atom is -0.328 e. The molecule has 2 nitrogen and oxygen atoms in total. The van der Waals surface area contributed by atoms with E-state index in [1.807, 2.05) is 0 Å². The summed E-state index contributed by atoms with van der Waals surface area (Å²) in [6, 6.07) is 7.39. The molecule has 2 rings (SSSR count). The predicted molar refractivity (Wildman–Crippen MR) is 87.2 cm³/mol. The number of benzene rings is 1. The van der Waals surface area contributed by atoms with Crippen molar-refractivity contribution in [2.75, 3.05) is 19.6 Å². The van der Waals surface area contributed by atoms with Gasteiger partial charge in [-0.05, 0) is 61.4 Å². The van der Waals surface area contributed by atoms with Gasteiger partial charge in [-0.25, -0.2) is 0 Å². The molecule has 0 bridgehead atoms. The van der Waals surface area contributed by atoms with Gasteiger partial charge in [0.05, 0.1) is 0 Å². The molecule has 1 aromatic carbocycles. The Bertz CT molecular complexity index is 437. The number of aryl methyl sites for hydroxylation is 1. The van der Waals surface area contributed by atoms with Crippen LogP contribution in [0.5, 0.6) is 0 Å². The number of nitrogens with zero attached hydrogens (tertiary/aromatic N) is 1. The minimum absolute atomic E-state index is 0.236. The maximum atomic E-state index is 5.97. The number of piperidine rings is 1. The Morgan fingerprint density at radius 3 is 2.45 bits per heavy atom. The zero-order valence-corrected chi connectivity index (χ0v) is 13.6. The van der Waals surface area contributed by atoms with Gasteiger partial charge in [-0.3, -0.25) is 0 Å². The van der Waals surface area contributed by atoms with Crippen LogP contribution in [0.1, 0.15) is 50.3 Å². The number of hydrogen-bond acceptors (Lipinski definition) is 2. The molecule has 0 radical (unpaired) electrons. The highest BCUT2D eigenvalue weighted by Gasteiger charge is 2.17. The summed E-state index contributed by atoms with van der Waals surface area (Å²) in [7, 11) is 0. The Labute approximate surface area is 124 Å². The second kappa shape index (κ2) is 6.28. The van der Waals surface area contributed by atoms with E-state index in [1.54, 1.807) is 0 Å². The number of nitrogens with two attached hydrogens (primary N) is 1. The zero-order valence-electron chi connectivity index (χ0n) is 13.6. The fourth-order valence-corrected chi connectivity index (χ4v) is 2.86. The molecule has 0 atom stereocenters. The van der Waals surface area contributed by atoms with Gasteiger partial charge in [0.15, 0.2) is 0 Å². The standard InChI is InChI=1S/C18H30N2/c1-14-5-6-16(18(2,3)4)13-15(14)7-10-20-11-8-17(19)9-12-20/h5-6,13,17H,7-12,19H2,1-4H3. The quantitative estimate of drug-likeness (QED) is 0.916. The summed E-state index contributed by atoms with van der Waals surface area (Å²) in [5, 5.41) is 0. The Kier molecular flexibility index (Phi) is 4.87. The van der Waals surface area contributed by atoms with Crippen LogP contribution in [0.2, 0.25) is 0 Å². The summed E-state index contributed by atoms with van der Waals surface area (Å²) >= 11 is 0. The van der Waals surface area contributed by atoms with E-state index in [9.17, 15) is 0 Å². The van der Waals surface area contributed by atoms with Gasteiger partial charge in [0.25, 0.3) is 0 Å². The zero-order chi connectivity index (χ0) is 14.8. The number of hydrogen-bond donors (Lipinski definition) is 1. The molecule has 0 amide bonds. The highest BCUT2D eigenvalue weighted by atomic mass is 15.1. The maximum absolute atomic E-state index is 5.97. The second-order valence-electron chi connectivity index (χ2n) is 7.32. The first kappa shape index (κ1) is 15.5. The maximum Gasteiger partial charge on any atom is 0.00631 e. The van der Waals surface area contributed by atoms with Crippen LogP contribution in [0.4, 0.5) is 0 Å². The molecule has 0 saturated carbocycles. The lowest BCUT2D eigenvalue weighted by atomic mass is 9.85. The van der Waals surface area contributed by atoms with Crippen LogP contribution >= 0.6 is 0 Å². The molecule has 1 heterocycles. The van der Waals surface area contributed by atoms with Crippen molar-refractivity contribution in [1.82, 2.24) is 4.90 Å². The first-order valence-corrected chi connectivity index (χ1v) is 7.94. The molecule has 0 aromatic heterocycles. The Balaban J connectivity index is 1.98. The van der Waals surface area contributed by atoms with Gasteiger partial charge in [0.1, 0.15) is 0 Å². The van der Waals surface area contributed by atoms with E-state index in [-0.39, 0.29) is 5.41 Å². The second-order valence-corrected chi connectivity index (χ2v) is 7.32. The lowest BCUT2D eigenvalue weighted by molar-refractivity contribution is 0.215. The Hall–Kier alpha value is -0.860. The summed E-state index contributed by atoms with van der Waals surface area (Å²) in [4.78, 5) is 2.56. The van der Waals surface area contributed by atoms with Crippen molar-refractivity contribution in [3.8, 4) is 0 Å². The summed E-state index contributed by atoms with van der Waals surface area (Å²) in [6.07, 6.45) is 3.47. The molecule has 1 aliphatic heterocycles. The fourth-order valence-electron chi connectivity index (χ4n) is 2.86. The van der Waals surface area contributed by atoms with Gasteiger partial charge in [-0.15, -0.1) is 0 Å². The van der Waals surface area contributed by atoms with Crippen LogP contribution in [0, 0.1) is 6.92 Å². The minimum atomic E-state index is 0.236. The molecule has 1 saturated heterocycles. The fraction of sp³-hybridized carbons (Fsp3) is 0.667. The molecule has 0 aliphatic carbocycles. The number of rotatable bonds is 3. The summed E-state index contributed by atoms with van der Waals surface area (Å²) < 4.78 is 0. The highest BCUT2D eigenvalue weighted by Crippen LogP contribution is 2.25. The molecule has 0 spiro atoms. The van der Waals surface area contributed by atoms with Crippen molar-refractivity contribution in [3.63, 3.8) is 0 Å². The Morgan fingerprint density at radius 1 is 1.20 bits per heavy atom. The highest BCUT2D eigenvalue weighted by molar-refractivity contribution is 5.34. The van der Waals surface area contributed by atoms with Gasteiger partial charge < -0.3 is 10.6 Å². The molecule has 0 unspecified atom stereocenters. The average Bonchev–Trinajstić information content (AvgIpc) is 2.38. The van der Waals surface area contributed by atoms with Crippen LogP contribution in [0.25, 0.3) is 0 Å². The van der Waals surface area contributed by atoms with Gasteiger partial charge in [0.2, 0.25) is 0 Å². The summed E-state index contributed by atoms with van der Waals surface area (Å²) in [5.74, 6) is 0. The van der Waals surface area contributed by atoms with Crippen LogP contribution in [0.15, 0.2) is 18.2 Å². The average molecular weight is 274 g/mol. The van der Waals surface area contributed by atoms with Crippen LogP contribution in [0.3, 0.4) is 0 Å². The third kappa shape index (κ3) is 4.07. The van der Waals surface area contributed by atoms with Crippen molar-refractivity contribution in [2.24, 2.45) is 5.73 Å². The molecule has 1 aromatic rings. The molecule has 20 heavy (non-hydrogen) atoms. The van der Waals surface area contributed by atoms with E-state index in [2.05, 4.69) is 50.8 Å². The van der Waals surface area contributed by atoms with Crippen LogP contribution in [-0.4, -0.2) is 30.6 Å². The van der Waals surface area contributed by atoms with Crippen molar-refractivity contribution < 1.29 is 0 Å². The first-order chi connectivity index (χ1) is 9.36. The molecule has 1 fully saturated rings. The van der Waals surface area contributed by atoms with Crippen molar-refractivity contribution in [2.45, 2.75) is 58.4 Å². The largest absolute Gasteiger partial charge is 0.328 e. The molecule has 2 N–H and O–H groups in total. The molecule has 2 heteroatoms. The van der Waals surface area contributed by atoms with E-state index in [1.165, 1.54) is 36.3 Å². The van der Waals surface area contributed by atoms with Crippen LogP contribution < -0.4 is 5.73 Å². The monoisotopic (exact) mass is 274 g/mol. The van der Waals surface area contributed by atoms with E-state index >= 15 is 0 Å². The third-order valence-electron chi connectivity index (χ3n) is 4.54. The Morgan fingerprint density at radius 2 is 1.85 bits per heavy atom. The van der Waals surface area contributed by atoms with Gasteiger partial charge in [0, 0.05) is 12.6 Å². The van der Waals surface area contributed by atoms with Gasteiger partial charge in [-0.2, -0.15) is 0 Å². The SMILES string of the molecule is Cc1ccc(C(C)(C)C)cc1CCN1CCC(N)CC1. The smallest absolute Gasteiger partial charge is 0.00631 e. The predicted octanol–water partition coefficient (Wildman–Crippen LogP) is 3.26. The van der Waals surface area contributed by atoms with Gasteiger partial charge in [-0.1, -0.05) is 39.0 Å². The van der Waals surface area contributed by atoms with E-state index in [0.717, 1.165) is 19.3 Å². The van der Waals surface area contributed by atoms with E-state index < -0.39 is 0 Å².